The quantitative estimate of drug-likeness (QED) is 0.850. The number of hydrogen-bond donors (Lipinski definition) is 1. The first-order valence-corrected chi connectivity index (χ1v) is 8.22. The highest BCUT2D eigenvalue weighted by Crippen LogP contribution is 2.43. The zero-order valence-electron chi connectivity index (χ0n) is 12.5. The number of carbonyl (C=O) groups excluding carboxylic acids is 1. The van der Waals surface area contributed by atoms with E-state index in [2.05, 4.69) is 25.8 Å². The smallest absolute Gasteiger partial charge is 0.265 e. The Labute approximate surface area is 124 Å². The molecule has 2 N–H and O–H groups in total. The summed E-state index contributed by atoms with van der Waals surface area (Å²) in [5.41, 5.74) is 6.75. The van der Waals surface area contributed by atoms with E-state index in [1.54, 1.807) is 30.8 Å². The van der Waals surface area contributed by atoms with Crippen molar-refractivity contribution in [3.05, 3.63) is 4.88 Å². The van der Waals surface area contributed by atoms with Crippen molar-refractivity contribution in [1.82, 2.24) is 4.90 Å². The molecule has 0 spiro atoms. The molecule has 0 radical (unpaired) electrons. The van der Waals surface area contributed by atoms with E-state index in [-0.39, 0.29) is 5.91 Å². The molecule has 0 unspecified atom stereocenters. The van der Waals surface area contributed by atoms with Crippen LogP contribution < -0.4 is 10.6 Å². The van der Waals surface area contributed by atoms with Crippen molar-refractivity contribution in [2.75, 3.05) is 44.6 Å². The molecule has 1 aromatic heterocycles. The second-order valence-corrected chi connectivity index (χ2v) is 6.97. The minimum Gasteiger partial charge on any atom is -0.396 e. The van der Waals surface area contributed by atoms with Gasteiger partial charge in [-0.1, -0.05) is 13.8 Å². The van der Waals surface area contributed by atoms with E-state index in [4.69, 9.17) is 5.73 Å². The second kappa shape index (κ2) is 6.52. The van der Waals surface area contributed by atoms with Crippen LogP contribution in [0.25, 0.3) is 0 Å². The van der Waals surface area contributed by atoms with Gasteiger partial charge in [0.05, 0.1) is 10.6 Å². The van der Waals surface area contributed by atoms with Crippen LogP contribution in [0.1, 0.15) is 23.5 Å². The fourth-order valence-electron chi connectivity index (χ4n) is 1.86. The third kappa shape index (κ3) is 3.57. The first kappa shape index (κ1) is 16.2. The van der Waals surface area contributed by atoms with Gasteiger partial charge in [0.1, 0.15) is 9.88 Å². The van der Waals surface area contributed by atoms with E-state index in [0.29, 0.717) is 16.5 Å². The molecule has 1 heterocycles. The standard InChI is InChI=1S/C13H23N3OS2/c1-8(2)7-16(5)13-11(18-6)9(14)10(19-13)12(17)15(3)4/h8H,7,14H2,1-6H3. The lowest BCUT2D eigenvalue weighted by atomic mass is 10.2. The summed E-state index contributed by atoms with van der Waals surface area (Å²) >= 11 is 3.09. The fraction of sp³-hybridized carbons (Fsp3) is 0.615. The molecule has 0 saturated heterocycles. The van der Waals surface area contributed by atoms with Crippen molar-refractivity contribution in [3.63, 3.8) is 0 Å². The topological polar surface area (TPSA) is 49.6 Å². The molecular formula is C13H23N3OS2. The molecule has 1 rings (SSSR count). The number of amides is 1. The Morgan fingerprint density at radius 3 is 2.37 bits per heavy atom. The molecule has 0 bridgehead atoms. The zero-order chi connectivity index (χ0) is 14.7. The molecule has 19 heavy (non-hydrogen) atoms. The predicted octanol–water partition coefficient (Wildman–Crippen LogP) is 2.85. The highest BCUT2D eigenvalue weighted by Gasteiger charge is 2.23. The summed E-state index contributed by atoms with van der Waals surface area (Å²) in [4.78, 5) is 17.5. The van der Waals surface area contributed by atoms with Crippen LogP contribution in [-0.4, -0.2) is 44.8 Å². The van der Waals surface area contributed by atoms with Crippen LogP contribution in [0.4, 0.5) is 10.7 Å². The Morgan fingerprint density at radius 2 is 1.95 bits per heavy atom. The van der Waals surface area contributed by atoms with Crippen molar-refractivity contribution in [1.29, 1.82) is 0 Å². The van der Waals surface area contributed by atoms with Gasteiger partial charge in [-0.3, -0.25) is 4.79 Å². The van der Waals surface area contributed by atoms with Crippen LogP contribution in [0.2, 0.25) is 0 Å². The van der Waals surface area contributed by atoms with Gasteiger partial charge in [-0.05, 0) is 12.2 Å². The zero-order valence-corrected chi connectivity index (χ0v) is 14.1. The Balaban J connectivity index is 3.19. The summed E-state index contributed by atoms with van der Waals surface area (Å²) < 4.78 is 0. The van der Waals surface area contributed by atoms with E-state index in [1.165, 1.54) is 11.3 Å². The number of nitrogen functional groups attached to an aromatic ring is 1. The number of anilines is 2. The molecule has 0 aliphatic rings. The number of nitrogens with zero attached hydrogens (tertiary/aromatic N) is 2. The molecule has 1 amide bonds. The van der Waals surface area contributed by atoms with Crippen molar-refractivity contribution >= 4 is 39.7 Å². The number of thiophene rings is 1. The summed E-state index contributed by atoms with van der Waals surface area (Å²) in [6, 6.07) is 0. The minimum absolute atomic E-state index is 0.0259. The molecule has 0 aromatic carbocycles. The highest BCUT2D eigenvalue weighted by molar-refractivity contribution is 7.99. The van der Waals surface area contributed by atoms with Crippen LogP contribution in [0.3, 0.4) is 0 Å². The van der Waals surface area contributed by atoms with E-state index >= 15 is 0 Å². The number of carbonyl (C=O) groups is 1. The number of hydrogen-bond acceptors (Lipinski definition) is 5. The molecule has 6 heteroatoms. The number of nitrogens with two attached hydrogens (primary N) is 1. The van der Waals surface area contributed by atoms with Gasteiger partial charge in [-0.2, -0.15) is 0 Å². The maximum atomic E-state index is 12.1. The van der Waals surface area contributed by atoms with Gasteiger partial charge >= 0.3 is 0 Å². The van der Waals surface area contributed by atoms with Crippen LogP contribution >= 0.6 is 23.1 Å². The van der Waals surface area contributed by atoms with Gasteiger partial charge in [0.25, 0.3) is 5.91 Å². The molecular weight excluding hydrogens is 278 g/mol. The maximum Gasteiger partial charge on any atom is 0.265 e. The summed E-state index contributed by atoms with van der Waals surface area (Å²) in [5, 5.41) is 1.09. The van der Waals surface area contributed by atoms with Gasteiger partial charge in [-0.25, -0.2) is 0 Å². The lowest BCUT2D eigenvalue weighted by Crippen LogP contribution is -2.22. The molecule has 0 saturated carbocycles. The minimum atomic E-state index is -0.0259. The Hall–Kier alpha value is -0.880. The summed E-state index contributed by atoms with van der Waals surface area (Å²) in [5.74, 6) is 0.540. The molecule has 0 aliphatic carbocycles. The average molecular weight is 301 g/mol. The van der Waals surface area contributed by atoms with Crippen LogP contribution in [0.15, 0.2) is 4.90 Å². The predicted molar refractivity (Wildman–Crippen MR) is 86.6 cm³/mol. The third-order valence-electron chi connectivity index (χ3n) is 2.67. The van der Waals surface area contributed by atoms with Gasteiger partial charge in [0.2, 0.25) is 0 Å². The van der Waals surface area contributed by atoms with Crippen LogP contribution in [0, 0.1) is 5.92 Å². The molecule has 0 aliphatic heterocycles. The monoisotopic (exact) mass is 301 g/mol. The van der Waals surface area contributed by atoms with Gasteiger partial charge < -0.3 is 15.5 Å². The summed E-state index contributed by atoms with van der Waals surface area (Å²) in [6.07, 6.45) is 2.00. The van der Waals surface area contributed by atoms with E-state index < -0.39 is 0 Å². The molecule has 4 nitrogen and oxygen atoms in total. The number of thioether (sulfide) groups is 1. The van der Waals surface area contributed by atoms with Crippen molar-refractivity contribution in [2.24, 2.45) is 5.92 Å². The second-order valence-electron chi connectivity index (χ2n) is 5.16. The molecule has 0 fully saturated rings. The first-order chi connectivity index (χ1) is 8.79. The highest BCUT2D eigenvalue weighted by atomic mass is 32.2. The maximum absolute atomic E-state index is 12.1. The number of rotatable bonds is 5. The average Bonchev–Trinajstić information content (AvgIpc) is 2.64. The van der Waals surface area contributed by atoms with E-state index in [0.717, 1.165) is 16.4 Å². The van der Waals surface area contributed by atoms with Crippen molar-refractivity contribution in [2.45, 2.75) is 18.7 Å². The fourth-order valence-corrected chi connectivity index (χ4v) is 4.06. The summed E-state index contributed by atoms with van der Waals surface area (Å²) in [6.45, 7) is 5.30. The molecule has 1 aromatic rings. The Bertz CT molecular complexity index is 455. The summed E-state index contributed by atoms with van der Waals surface area (Å²) in [7, 11) is 5.55. The van der Waals surface area contributed by atoms with Crippen LogP contribution in [-0.2, 0) is 0 Å². The van der Waals surface area contributed by atoms with Gasteiger partial charge in [-0.15, -0.1) is 23.1 Å². The van der Waals surface area contributed by atoms with Gasteiger partial charge in [0, 0.05) is 27.7 Å². The largest absolute Gasteiger partial charge is 0.396 e. The first-order valence-electron chi connectivity index (χ1n) is 6.18. The Morgan fingerprint density at radius 1 is 1.37 bits per heavy atom. The van der Waals surface area contributed by atoms with Crippen molar-refractivity contribution in [3.8, 4) is 0 Å². The van der Waals surface area contributed by atoms with E-state index in [1.807, 2.05) is 6.26 Å². The van der Waals surface area contributed by atoms with E-state index in [9.17, 15) is 4.79 Å². The molecule has 108 valence electrons. The SMILES string of the molecule is CSc1c(N(C)CC(C)C)sc(C(=O)N(C)C)c1N. The van der Waals surface area contributed by atoms with Gasteiger partial charge in [0.15, 0.2) is 0 Å². The third-order valence-corrected chi connectivity index (χ3v) is 4.93. The van der Waals surface area contributed by atoms with Crippen LogP contribution in [0.5, 0.6) is 0 Å². The normalized spacial score (nSPS) is 10.9. The lowest BCUT2D eigenvalue weighted by Gasteiger charge is -2.20. The molecule has 0 atom stereocenters. The lowest BCUT2D eigenvalue weighted by molar-refractivity contribution is 0.0833. The Kier molecular flexibility index (Phi) is 5.55. The van der Waals surface area contributed by atoms with Crippen molar-refractivity contribution < 1.29 is 4.79 Å².